The number of phosphoric acid groups is 1. The molecule has 0 spiro atoms. The number of hydrogen-bond acceptors (Lipinski definition) is 6. The molecule has 0 fully saturated rings. The SMILES string of the molecule is Nc1c(-c2cc(Cc3ccc(Cc4ccoc4)cc3)no2)ccc[n+]1COP(=O)(O)O. The Hall–Kier alpha value is -3.23. The number of aromatic nitrogens is 2. The van der Waals surface area contributed by atoms with Crippen molar-refractivity contribution in [3.05, 3.63) is 89.6 Å². The van der Waals surface area contributed by atoms with Crippen molar-refractivity contribution >= 4 is 13.6 Å². The summed E-state index contributed by atoms with van der Waals surface area (Å²) in [5.41, 5.74) is 10.8. The standard InChI is InChI=1S/C21H20N3O6P/c22-21-19(2-1-8-24(21)14-29-31(25,26)27)20-12-18(23-30-20)11-16-5-3-15(4-6-16)10-17-7-9-28-13-17/h1-9,12-13,22H,10-11,14H2,(H2,25,26,27)/p+1. The number of anilines is 1. The number of furan rings is 1. The Labute approximate surface area is 177 Å². The van der Waals surface area contributed by atoms with Crippen LogP contribution in [0.25, 0.3) is 11.3 Å². The summed E-state index contributed by atoms with van der Waals surface area (Å²) < 4.78 is 27.4. The molecule has 1 aromatic carbocycles. The highest BCUT2D eigenvalue weighted by Gasteiger charge is 2.20. The topological polar surface area (TPSA) is 136 Å². The molecule has 0 saturated carbocycles. The van der Waals surface area contributed by atoms with Crippen LogP contribution in [0.1, 0.15) is 22.4 Å². The summed E-state index contributed by atoms with van der Waals surface area (Å²) in [6.07, 6.45) is 6.35. The third-order valence-corrected chi connectivity index (χ3v) is 5.15. The molecule has 0 atom stereocenters. The van der Waals surface area contributed by atoms with Crippen molar-refractivity contribution in [3.8, 4) is 11.3 Å². The highest BCUT2D eigenvalue weighted by molar-refractivity contribution is 7.46. The quantitative estimate of drug-likeness (QED) is 0.280. The van der Waals surface area contributed by atoms with E-state index in [4.69, 9.17) is 24.5 Å². The Kier molecular flexibility index (Phi) is 6.01. The van der Waals surface area contributed by atoms with Crippen LogP contribution >= 0.6 is 7.82 Å². The van der Waals surface area contributed by atoms with Gasteiger partial charge in [-0.1, -0.05) is 29.4 Å². The second kappa shape index (κ2) is 8.87. The van der Waals surface area contributed by atoms with Gasteiger partial charge in [0.05, 0.1) is 24.4 Å². The third kappa shape index (κ3) is 5.48. The van der Waals surface area contributed by atoms with Crippen LogP contribution in [0, 0.1) is 0 Å². The maximum absolute atomic E-state index is 10.9. The number of benzene rings is 1. The van der Waals surface area contributed by atoms with Gasteiger partial charge in [-0.25, -0.2) is 13.7 Å². The van der Waals surface area contributed by atoms with E-state index in [-0.39, 0.29) is 5.82 Å². The molecule has 4 N–H and O–H groups in total. The molecule has 4 rings (SSSR count). The number of nitrogens with two attached hydrogens (primary N) is 1. The maximum atomic E-state index is 10.9. The first-order valence-electron chi connectivity index (χ1n) is 9.40. The van der Waals surface area contributed by atoms with Gasteiger partial charge < -0.3 is 18.7 Å². The molecular formula is C21H21N3O6P+. The lowest BCUT2D eigenvalue weighted by Crippen LogP contribution is -2.38. The average molecular weight is 442 g/mol. The van der Waals surface area contributed by atoms with Gasteiger partial charge >= 0.3 is 7.82 Å². The van der Waals surface area contributed by atoms with Crippen LogP contribution in [0.2, 0.25) is 0 Å². The third-order valence-electron chi connectivity index (χ3n) is 4.70. The molecule has 0 aliphatic rings. The minimum absolute atomic E-state index is 0.238. The van der Waals surface area contributed by atoms with Crippen LogP contribution in [-0.4, -0.2) is 14.9 Å². The smallest absolute Gasteiger partial charge is 0.472 e. The lowest BCUT2D eigenvalue weighted by atomic mass is 10.0. The zero-order valence-electron chi connectivity index (χ0n) is 16.4. The fourth-order valence-electron chi connectivity index (χ4n) is 3.16. The molecule has 3 aromatic heterocycles. The van der Waals surface area contributed by atoms with E-state index in [1.54, 1.807) is 36.9 Å². The average Bonchev–Trinajstić information content (AvgIpc) is 3.40. The van der Waals surface area contributed by atoms with Crippen LogP contribution in [0.15, 0.2) is 76.2 Å². The van der Waals surface area contributed by atoms with Crippen molar-refractivity contribution in [2.24, 2.45) is 0 Å². The number of nitrogens with zero attached hydrogens (tertiary/aromatic N) is 2. The Morgan fingerprint density at radius 3 is 2.48 bits per heavy atom. The lowest BCUT2D eigenvalue weighted by Gasteiger charge is -2.07. The van der Waals surface area contributed by atoms with E-state index in [1.807, 2.05) is 18.2 Å². The molecule has 31 heavy (non-hydrogen) atoms. The van der Waals surface area contributed by atoms with Gasteiger partial charge in [-0.05, 0) is 34.9 Å². The Morgan fingerprint density at radius 1 is 1.06 bits per heavy atom. The van der Waals surface area contributed by atoms with Crippen LogP contribution < -0.4 is 10.3 Å². The number of pyridine rings is 1. The van der Waals surface area contributed by atoms with E-state index >= 15 is 0 Å². The van der Waals surface area contributed by atoms with Crippen LogP contribution in [0.5, 0.6) is 0 Å². The molecule has 9 nitrogen and oxygen atoms in total. The first-order valence-corrected chi connectivity index (χ1v) is 10.9. The predicted molar refractivity (Wildman–Crippen MR) is 110 cm³/mol. The molecule has 0 aliphatic heterocycles. The first kappa shape index (κ1) is 21.0. The van der Waals surface area contributed by atoms with Gasteiger partial charge in [0.25, 0.3) is 5.82 Å². The van der Waals surface area contributed by atoms with E-state index in [9.17, 15) is 4.57 Å². The number of rotatable bonds is 8. The second-order valence-electron chi connectivity index (χ2n) is 7.01. The van der Waals surface area contributed by atoms with Crippen molar-refractivity contribution in [3.63, 3.8) is 0 Å². The fourth-order valence-corrected chi connectivity index (χ4v) is 3.43. The van der Waals surface area contributed by atoms with Gasteiger partial charge in [-0.15, -0.1) is 0 Å². The molecule has 160 valence electrons. The van der Waals surface area contributed by atoms with Gasteiger partial charge in [-0.2, -0.15) is 0 Å². The normalized spacial score (nSPS) is 11.7. The summed E-state index contributed by atoms with van der Waals surface area (Å²) in [5, 5.41) is 4.12. The maximum Gasteiger partial charge on any atom is 0.472 e. The summed E-state index contributed by atoms with van der Waals surface area (Å²) in [6.45, 7) is -0.393. The summed E-state index contributed by atoms with van der Waals surface area (Å²) in [4.78, 5) is 17.8. The molecule has 10 heteroatoms. The molecule has 0 amide bonds. The largest absolute Gasteiger partial charge is 0.472 e. The molecule has 0 unspecified atom stereocenters. The molecule has 0 bridgehead atoms. The molecule has 0 aliphatic carbocycles. The summed E-state index contributed by atoms with van der Waals surface area (Å²) >= 11 is 0. The van der Waals surface area contributed by atoms with E-state index in [1.165, 1.54) is 10.1 Å². The van der Waals surface area contributed by atoms with Crippen molar-refractivity contribution in [2.45, 2.75) is 19.6 Å². The minimum Gasteiger partial charge on any atom is -0.472 e. The monoisotopic (exact) mass is 442 g/mol. The Morgan fingerprint density at radius 2 is 1.81 bits per heavy atom. The Bertz CT molecular complexity index is 1200. The zero-order chi connectivity index (χ0) is 21.8. The van der Waals surface area contributed by atoms with Gasteiger partial charge in [0, 0.05) is 18.9 Å². The summed E-state index contributed by atoms with van der Waals surface area (Å²) in [6, 6.07) is 15.4. The summed E-state index contributed by atoms with van der Waals surface area (Å²) in [5.74, 6) is 0.692. The van der Waals surface area contributed by atoms with Crippen molar-refractivity contribution in [1.82, 2.24) is 5.16 Å². The lowest BCUT2D eigenvalue weighted by molar-refractivity contribution is -0.711. The van der Waals surface area contributed by atoms with E-state index in [0.717, 1.165) is 23.2 Å². The second-order valence-corrected chi connectivity index (χ2v) is 8.25. The number of nitrogen functional groups attached to an aromatic ring is 1. The van der Waals surface area contributed by atoms with Crippen molar-refractivity contribution in [1.29, 1.82) is 0 Å². The Balaban J connectivity index is 1.45. The fraction of sp³-hybridized carbons (Fsp3) is 0.143. The number of phosphoric ester groups is 1. The molecule has 4 aromatic rings. The van der Waals surface area contributed by atoms with Gasteiger partial charge in [0.1, 0.15) is 5.56 Å². The van der Waals surface area contributed by atoms with Gasteiger partial charge in [0.15, 0.2) is 5.76 Å². The predicted octanol–water partition coefficient (Wildman–Crippen LogP) is 3.05. The molecule has 0 saturated heterocycles. The van der Waals surface area contributed by atoms with Crippen LogP contribution in [-0.2, 0) is 28.7 Å². The van der Waals surface area contributed by atoms with Crippen molar-refractivity contribution in [2.75, 3.05) is 5.73 Å². The molecule has 0 radical (unpaired) electrons. The molecule has 3 heterocycles. The van der Waals surface area contributed by atoms with Crippen LogP contribution in [0.4, 0.5) is 5.82 Å². The van der Waals surface area contributed by atoms with Gasteiger partial charge in [-0.3, -0.25) is 5.73 Å². The van der Waals surface area contributed by atoms with Crippen LogP contribution in [0.3, 0.4) is 0 Å². The van der Waals surface area contributed by atoms with E-state index < -0.39 is 14.6 Å². The van der Waals surface area contributed by atoms with Crippen molar-refractivity contribution < 1.29 is 32.4 Å². The van der Waals surface area contributed by atoms with Gasteiger partial charge in [0.2, 0.25) is 6.73 Å². The highest BCUT2D eigenvalue weighted by atomic mass is 31.2. The first-order chi connectivity index (χ1) is 14.9. The summed E-state index contributed by atoms with van der Waals surface area (Å²) in [7, 11) is -4.61. The molecular weight excluding hydrogens is 421 g/mol. The highest BCUT2D eigenvalue weighted by Crippen LogP contribution is 2.35. The van der Waals surface area contributed by atoms with E-state index in [2.05, 4.69) is 21.8 Å². The zero-order valence-corrected chi connectivity index (χ0v) is 17.3. The minimum atomic E-state index is -4.61. The van der Waals surface area contributed by atoms with E-state index in [0.29, 0.717) is 17.7 Å². The number of hydrogen-bond donors (Lipinski definition) is 3.